The number of nitrogens with two attached hydrogens (primary N) is 1. The summed E-state index contributed by atoms with van der Waals surface area (Å²) in [4.78, 5) is 2.58. The Morgan fingerprint density at radius 1 is 1.23 bits per heavy atom. The highest BCUT2D eigenvalue weighted by molar-refractivity contribution is 5.16. The van der Waals surface area contributed by atoms with E-state index >= 15 is 0 Å². The minimum Gasteiger partial charge on any atom is -0.380 e. The van der Waals surface area contributed by atoms with E-state index in [1.165, 1.54) is 24.9 Å². The maximum absolute atomic E-state index is 13.0. The van der Waals surface area contributed by atoms with Crippen LogP contribution in [0.1, 0.15) is 24.8 Å². The van der Waals surface area contributed by atoms with E-state index in [9.17, 15) is 4.39 Å². The molecule has 2 heterocycles. The number of halogens is 1. The van der Waals surface area contributed by atoms with Gasteiger partial charge >= 0.3 is 0 Å². The molecule has 2 aliphatic rings. The number of hydrogen-bond donors (Lipinski definition) is 1. The van der Waals surface area contributed by atoms with Gasteiger partial charge in [-0.05, 0) is 61.8 Å². The summed E-state index contributed by atoms with van der Waals surface area (Å²) in [6, 6.07) is 7.16. The first kappa shape index (κ1) is 15.9. The van der Waals surface area contributed by atoms with Gasteiger partial charge in [-0.15, -0.1) is 0 Å². The van der Waals surface area contributed by atoms with Crippen LogP contribution >= 0.6 is 0 Å². The van der Waals surface area contributed by atoms with Crippen LogP contribution in [0.15, 0.2) is 24.3 Å². The molecule has 122 valence electrons. The molecule has 3 nitrogen and oxygen atoms in total. The highest BCUT2D eigenvalue weighted by Crippen LogP contribution is 2.24. The van der Waals surface area contributed by atoms with Crippen molar-refractivity contribution in [2.24, 2.45) is 17.6 Å². The Morgan fingerprint density at radius 3 is 2.82 bits per heavy atom. The molecule has 1 aromatic carbocycles. The fraction of sp³-hybridized carbons (Fsp3) is 0.667. The van der Waals surface area contributed by atoms with E-state index < -0.39 is 0 Å². The Morgan fingerprint density at radius 2 is 2.05 bits per heavy atom. The SMILES string of the molecule is N[C@@H]1COCC[C@H]1CN1CCCC(Cc2ccc(F)cc2)C1. The molecule has 0 aromatic heterocycles. The second-order valence-electron chi connectivity index (χ2n) is 6.89. The number of hydrogen-bond acceptors (Lipinski definition) is 3. The van der Waals surface area contributed by atoms with Crippen molar-refractivity contribution in [1.29, 1.82) is 0 Å². The molecule has 2 fully saturated rings. The number of piperidine rings is 1. The van der Waals surface area contributed by atoms with E-state index in [1.54, 1.807) is 12.1 Å². The van der Waals surface area contributed by atoms with E-state index in [0.717, 1.165) is 32.5 Å². The van der Waals surface area contributed by atoms with Crippen LogP contribution in [-0.4, -0.2) is 43.8 Å². The van der Waals surface area contributed by atoms with Gasteiger partial charge in [-0.2, -0.15) is 0 Å². The van der Waals surface area contributed by atoms with E-state index in [4.69, 9.17) is 10.5 Å². The third kappa shape index (κ3) is 4.28. The molecule has 0 radical (unpaired) electrons. The van der Waals surface area contributed by atoms with Gasteiger partial charge in [0.15, 0.2) is 0 Å². The summed E-state index contributed by atoms with van der Waals surface area (Å²) in [6.07, 6.45) is 4.66. The molecule has 3 rings (SSSR count). The second-order valence-corrected chi connectivity index (χ2v) is 6.89. The molecule has 3 atom stereocenters. The lowest BCUT2D eigenvalue weighted by Gasteiger charge is -2.38. The predicted molar refractivity (Wildman–Crippen MR) is 86.2 cm³/mol. The molecule has 2 saturated heterocycles. The monoisotopic (exact) mass is 306 g/mol. The largest absolute Gasteiger partial charge is 0.380 e. The third-order valence-electron chi connectivity index (χ3n) is 5.08. The van der Waals surface area contributed by atoms with Crippen LogP contribution in [0.25, 0.3) is 0 Å². The topological polar surface area (TPSA) is 38.5 Å². The van der Waals surface area contributed by atoms with E-state index in [-0.39, 0.29) is 11.9 Å². The van der Waals surface area contributed by atoms with E-state index in [0.29, 0.717) is 18.4 Å². The quantitative estimate of drug-likeness (QED) is 0.928. The standard InChI is InChI=1S/C18H27FN2O/c19-17-5-3-14(4-6-17)10-15-2-1-8-21(11-15)12-16-7-9-22-13-18(16)20/h3-6,15-16,18H,1-2,7-13,20H2/t15?,16-,18+/m0/s1. The summed E-state index contributed by atoms with van der Waals surface area (Å²) < 4.78 is 18.4. The molecule has 2 N–H and O–H groups in total. The number of benzene rings is 1. The molecule has 1 aromatic rings. The summed E-state index contributed by atoms with van der Waals surface area (Å²) in [5.74, 6) is 1.09. The zero-order chi connectivity index (χ0) is 15.4. The van der Waals surface area contributed by atoms with Crippen molar-refractivity contribution >= 4 is 0 Å². The van der Waals surface area contributed by atoms with Crippen LogP contribution in [0.5, 0.6) is 0 Å². The normalized spacial score (nSPS) is 30.4. The Kier molecular flexibility index (Phi) is 5.45. The molecule has 2 aliphatic heterocycles. The molecular formula is C18H27FN2O. The maximum Gasteiger partial charge on any atom is 0.123 e. The first-order valence-electron chi connectivity index (χ1n) is 8.51. The molecule has 22 heavy (non-hydrogen) atoms. The first-order valence-corrected chi connectivity index (χ1v) is 8.51. The molecule has 4 heteroatoms. The van der Waals surface area contributed by atoms with Gasteiger partial charge in [0, 0.05) is 25.7 Å². The minimum atomic E-state index is -0.150. The Labute approximate surface area is 132 Å². The van der Waals surface area contributed by atoms with Gasteiger partial charge in [-0.3, -0.25) is 0 Å². The number of rotatable bonds is 4. The minimum absolute atomic E-state index is 0.150. The average molecular weight is 306 g/mol. The lowest BCUT2D eigenvalue weighted by molar-refractivity contribution is 0.0294. The van der Waals surface area contributed by atoms with Crippen LogP contribution < -0.4 is 5.73 Å². The van der Waals surface area contributed by atoms with Gasteiger partial charge in [0.2, 0.25) is 0 Å². The van der Waals surface area contributed by atoms with E-state index in [1.807, 2.05) is 12.1 Å². The first-order chi connectivity index (χ1) is 10.7. The lowest BCUT2D eigenvalue weighted by Crippen LogP contribution is -2.47. The molecule has 0 spiro atoms. The Hall–Kier alpha value is -0.970. The summed E-state index contributed by atoms with van der Waals surface area (Å²) in [7, 11) is 0. The van der Waals surface area contributed by atoms with Gasteiger partial charge in [0.25, 0.3) is 0 Å². The van der Waals surface area contributed by atoms with Gasteiger partial charge in [0.1, 0.15) is 5.82 Å². The number of likely N-dealkylation sites (tertiary alicyclic amines) is 1. The zero-order valence-electron chi connectivity index (χ0n) is 13.2. The highest BCUT2D eigenvalue weighted by Gasteiger charge is 2.27. The fourth-order valence-electron chi connectivity index (χ4n) is 3.80. The van der Waals surface area contributed by atoms with Crippen LogP contribution in [0, 0.1) is 17.7 Å². The van der Waals surface area contributed by atoms with Gasteiger partial charge in [0.05, 0.1) is 6.61 Å². The lowest BCUT2D eigenvalue weighted by atomic mass is 9.89. The molecule has 0 saturated carbocycles. The van der Waals surface area contributed by atoms with Crippen molar-refractivity contribution in [2.45, 2.75) is 31.7 Å². The van der Waals surface area contributed by atoms with E-state index in [2.05, 4.69) is 4.90 Å². The van der Waals surface area contributed by atoms with Crippen LogP contribution in [0.3, 0.4) is 0 Å². The van der Waals surface area contributed by atoms with Crippen molar-refractivity contribution in [3.05, 3.63) is 35.6 Å². The van der Waals surface area contributed by atoms with Gasteiger partial charge < -0.3 is 15.4 Å². The summed E-state index contributed by atoms with van der Waals surface area (Å²) >= 11 is 0. The summed E-state index contributed by atoms with van der Waals surface area (Å²) in [6.45, 7) is 4.98. The summed E-state index contributed by atoms with van der Waals surface area (Å²) in [5, 5.41) is 0. The molecular weight excluding hydrogens is 279 g/mol. The van der Waals surface area contributed by atoms with Crippen LogP contribution in [0.2, 0.25) is 0 Å². The maximum atomic E-state index is 13.0. The van der Waals surface area contributed by atoms with Crippen molar-refractivity contribution < 1.29 is 9.13 Å². The van der Waals surface area contributed by atoms with Gasteiger partial charge in [-0.25, -0.2) is 4.39 Å². The number of nitrogens with zero attached hydrogens (tertiary/aromatic N) is 1. The van der Waals surface area contributed by atoms with Crippen LogP contribution in [0.4, 0.5) is 4.39 Å². The molecule has 1 unspecified atom stereocenters. The molecule has 0 aliphatic carbocycles. The fourth-order valence-corrected chi connectivity index (χ4v) is 3.80. The van der Waals surface area contributed by atoms with Gasteiger partial charge in [-0.1, -0.05) is 12.1 Å². The average Bonchev–Trinajstić information content (AvgIpc) is 2.52. The molecule has 0 bridgehead atoms. The second kappa shape index (κ2) is 7.53. The Balaban J connectivity index is 1.51. The predicted octanol–water partition coefficient (Wildman–Crippen LogP) is 2.44. The highest BCUT2D eigenvalue weighted by atomic mass is 19.1. The third-order valence-corrected chi connectivity index (χ3v) is 5.08. The smallest absolute Gasteiger partial charge is 0.123 e. The Bertz CT molecular complexity index is 465. The molecule has 0 amide bonds. The van der Waals surface area contributed by atoms with Crippen LogP contribution in [-0.2, 0) is 11.2 Å². The summed E-state index contributed by atoms with van der Waals surface area (Å²) in [5.41, 5.74) is 7.43. The zero-order valence-corrected chi connectivity index (χ0v) is 13.2. The van der Waals surface area contributed by atoms with Crippen molar-refractivity contribution in [3.8, 4) is 0 Å². The number of ether oxygens (including phenoxy) is 1. The van der Waals surface area contributed by atoms with Crippen molar-refractivity contribution in [2.75, 3.05) is 32.8 Å². The van der Waals surface area contributed by atoms with Crippen molar-refractivity contribution in [1.82, 2.24) is 4.90 Å². The van der Waals surface area contributed by atoms with Crippen molar-refractivity contribution in [3.63, 3.8) is 0 Å².